The third kappa shape index (κ3) is 4.28. The zero-order chi connectivity index (χ0) is 24.0. The maximum Gasteiger partial charge on any atom is 0.451 e. The van der Waals surface area contributed by atoms with Gasteiger partial charge >= 0.3 is 6.18 Å². The van der Waals surface area contributed by atoms with Crippen LogP contribution in [-0.4, -0.2) is 60.5 Å². The number of hydrogen-bond donors (Lipinski definition) is 1. The molecule has 0 aromatic carbocycles. The highest BCUT2D eigenvalue weighted by molar-refractivity contribution is 5.72. The van der Waals surface area contributed by atoms with Gasteiger partial charge in [0.15, 0.2) is 11.6 Å². The highest BCUT2D eigenvalue weighted by Gasteiger charge is 2.35. The van der Waals surface area contributed by atoms with Gasteiger partial charge < -0.3 is 10.1 Å². The number of hydrogen-bond acceptors (Lipinski definition) is 7. The Kier molecular flexibility index (Phi) is 5.39. The number of aromatic nitrogens is 6. The molecule has 0 aliphatic carbocycles. The molecule has 5 rings (SSSR count). The molecule has 1 aliphatic rings. The summed E-state index contributed by atoms with van der Waals surface area (Å²) in [6.45, 7) is 3.15. The molecule has 34 heavy (non-hydrogen) atoms. The molecule has 1 saturated heterocycles. The number of nitrogens with zero attached hydrogens (tertiary/aromatic N) is 7. The van der Waals surface area contributed by atoms with Crippen molar-refractivity contribution in [1.29, 1.82) is 0 Å². The summed E-state index contributed by atoms with van der Waals surface area (Å²) in [5.74, 6) is -0.122. The highest BCUT2D eigenvalue weighted by atomic mass is 19.4. The number of pyridine rings is 1. The minimum Gasteiger partial charge on any atom is -0.488 e. The van der Waals surface area contributed by atoms with Gasteiger partial charge in [0.05, 0.1) is 11.7 Å². The molecule has 1 fully saturated rings. The second-order valence-electron chi connectivity index (χ2n) is 8.37. The van der Waals surface area contributed by atoms with E-state index >= 15 is 0 Å². The number of alkyl halides is 3. The second-order valence-corrected chi connectivity index (χ2v) is 8.37. The first-order valence-corrected chi connectivity index (χ1v) is 10.7. The van der Waals surface area contributed by atoms with Crippen molar-refractivity contribution in [3.05, 3.63) is 48.2 Å². The molecule has 12 heteroatoms. The maximum absolute atomic E-state index is 13.0. The lowest BCUT2D eigenvalue weighted by molar-refractivity contribution is -0.145. The lowest BCUT2D eigenvalue weighted by Gasteiger charge is -2.37. The fourth-order valence-corrected chi connectivity index (χ4v) is 3.91. The highest BCUT2D eigenvalue weighted by Crippen LogP contribution is 2.32. The summed E-state index contributed by atoms with van der Waals surface area (Å²) < 4.78 is 48.6. The van der Waals surface area contributed by atoms with Crippen LogP contribution in [0, 0.1) is 6.92 Å². The molecule has 0 saturated carbocycles. The van der Waals surface area contributed by atoms with E-state index in [9.17, 15) is 13.2 Å². The Morgan fingerprint density at radius 3 is 2.68 bits per heavy atom. The van der Waals surface area contributed by atoms with Crippen molar-refractivity contribution >= 4 is 17.2 Å². The van der Waals surface area contributed by atoms with Crippen LogP contribution in [0.25, 0.3) is 16.8 Å². The fourth-order valence-electron chi connectivity index (χ4n) is 3.91. The van der Waals surface area contributed by atoms with Crippen LogP contribution in [0.2, 0.25) is 0 Å². The average molecular weight is 472 g/mol. The predicted octanol–water partition coefficient (Wildman–Crippen LogP) is 3.68. The summed E-state index contributed by atoms with van der Waals surface area (Å²) in [6, 6.07) is 7.38. The molecular weight excluding hydrogens is 449 g/mol. The number of halogens is 3. The lowest BCUT2D eigenvalue weighted by Crippen LogP contribution is -2.48. The Bertz CT molecular complexity index is 1350. The van der Waals surface area contributed by atoms with E-state index in [2.05, 4.69) is 37.4 Å². The summed E-state index contributed by atoms with van der Waals surface area (Å²) in [6.07, 6.45) is -0.0386. The fraction of sp³-hybridized carbons (Fsp3) is 0.364. The number of likely N-dealkylation sites (N-methyl/N-ethyl adjacent to an activating group) is 1. The first-order chi connectivity index (χ1) is 16.2. The van der Waals surface area contributed by atoms with Crippen LogP contribution in [0.4, 0.5) is 24.8 Å². The summed E-state index contributed by atoms with van der Waals surface area (Å²) in [7, 11) is 3.93. The number of fused-ring (bicyclic) bond motifs is 1. The quantitative estimate of drug-likeness (QED) is 0.458. The molecule has 0 unspecified atom stereocenters. The Balaban J connectivity index is 1.40. The van der Waals surface area contributed by atoms with E-state index in [1.165, 1.54) is 13.0 Å². The van der Waals surface area contributed by atoms with Gasteiger partial charge in [-0.25, -0.2) is 14.5 Å². The number of rotatable bonds is 6. The Labute approximate surface area is 193 Å². The molecule has 1 aliphatic heterocycles. The van der Waals surface area contributed by atoms with Crippen LogP contribution >= 0.6 is 0 Å². The molecular formula is C22H23F3N8O. The van der Waals surface area contributed by atoms with Gasteiger partial charge in [0, 0.05) is 42.7 Å². The van der Waals surface area contributed by atoms with Crippen molar-refractivity contribution in [3.8, 4) is 17.0 Å². The van der Waals surface area contributed by atoms with Crippen LogP contribution in [0.3, 0.4) is 0 Å². The van der Waals surface area contributed by atoms with Gasteiger partial charge in [-0.05, 0) is 39.1 Å². The molecule has 178 valence electrons. The Morgan fingerprint density at radius 1 is 1.15 bits per heavy atom. The standard InChI is InChI=1S/C22H23F3N8O/c1-13-8-18(29-21(27-13)22(23,24)25)28-19-10-16-9-14(4-7-33(16)30-19)20-17(11-26-32(20)3)34-12-15-5-6-31(15)2/h4,7-11,15H,5-6,12H2,1-3H3,(H,27,28,29,30)/t15-/m1/s1. The van der Waals surface area contributed by atoms with E-state index in [-0.39, 0.29) is 11.5 Å². The van der Waals surface area contributed by atoms with E-state index in [0.717, 1.165) is 29.7 Å². The normalized spacial score (nSPS) is 16.6. The van der Waals surface area contributed by atoms with Crippen LogP contribution < -0.4 is 10.1 Å². The zero-order valence-electron chi connectivity index (χ0n) is 18.8. The van der Waals surface area contributed by atoms with Gasteiger partial charge in [-0.1, -0.05) is 0 Å². The summed E-state index contributed by atoms with van der Waals surface area (Å²) >= 11 is 0. The number of likely N-dealkylation sites (tertiary alicyclic amines) is 1. The van der Waals surface area contributed by atoms with Gasteiger partial charge in [-0.3, -0.25) is 9.58 Å². The van der Waals surface area contributed by atoms with Crippen molar-refractivity contribution in [3.63, 3.8) is 0 Å². The molecule has 9 nitrogen and oxygen atoms in total. The van der Waals surface area contributed by atoms with Gasteiger partial charge in [-0.2, -0.15) is 23.4 Å². The smallest absolute Gasteiger partial charge is 0.451 e. The molecule has 0 bridgehead atoms. The van der Waals surface area contributed by atoms with Crippen molar-refractivity contribution in [2.24, 2.45) is 7.05 Å². The molecule has 5 heterocycles. The van der Waals surface area contributed by atoms with E-state index in [1.807, 2.05) is 19.2 Å². The molecule has 0 spiro atoms. The molecule has 1 atom stereocenters. The monoisotopic (exact) mass is 472 g/mol. The van der Waals surface area contributed by atoms with Gasteiger partial charge in [0.1, 0.15) is 18.1 Å². The number of anilines is 2. The minimum atomic E-state index is -4.63. The number of ether oxygens (including phenoxy) is 1. The minimum absolute atomic E-state index is 0.0201. The molecule has 1 N–H and O–H groups in total. The Morgan fingerprint density at radius 2 is 1.97 bits per heavy atom. The summed E-state index contributed by atoms with van der Waals surface area (Å²) in [4.78, 5) is 9.29. The summed E-state index contributed by atoms with van der Waals surface area (Å²) in [5, 5.41) is 11.6. The van der Waals surface area contributed by atoms with E-state index < -0.39 is 12.0 Å². The van der Waals surface area contributed by atoms with E-state index in [4.69, 9.17) is 4.74 Å². The van der Waals surface area contributed by atoms with E-state index in [0.29, 0.717) is 24.2 Å². The Hall–Kier alpha value is -3.67. The van der Waals surface area contributed by atoms with Gasteiger partial charge in [-0.15, -0.1) is 0 Å². The maximum atomic E-state index is 13.0. The van der Waals surface area contributed by atoms with Gasteiger partial charge in [0.25, 0.3) is 0 Å². The van der Waals surface area contributed by atoms with Crippen molar-refractivity contribution in [2.75, 3.05) is 25.5 Å². The predicted molar refractivity (Wildman–Crippen MR) is 119 cm³/mol. The topological polar surface area (TPSA) is 85.4 Å². The molecule has 0 amide bonds. The molecule has 0 radical (unpaired) electrons. The SMILES string of the molecule is Cc1cc(Nc2cc3cc(-c4c(OC[C@H]5CCN5C)cnn4C)ccn3n2)nc(C(F)(F)F)n1. The third-order valence-electron chi connectivity index (χ3n) is 5.88. The van der Waals surface area contributed by atoms with E-state index in [1.54, 1.807) is 27.7 Å². The number of aryl methyl sites for hydroxylation is 2. The second kappa shape index (κ2) is 8.28. The van der Waals surface area contributed by atoms with Crippen LogP contribution in [0.1, 0.15) is 17.9 Å². The average Bonchev–Trinajstić information content (AvgIpc) is 3.33. The number of nitrogens with one attached hydrogen (secondary N) is 1. The lowest BCUT2D eigenvalue weighted by atomic mass is 10.1. The molecule has 4 aromatic heterocycles. The molecule has 4 aromatic rings. The first kappa shape index (κ1) is 22.1. The largest absolute Gasteiger partial charge is 0.488 e. The van der Waals surface area contributed by atoms with Gasteiger partial charge in [0.2, 0.25) is 5.82 Å². The zero-order valence-corrected chi connectivity index (χ0v) is 18.8. The van der Waals surface area contributed by atoms with Crippen LogP contribution in [0.15, 0.2) is 36.7 Å². The van der Waals surface area contributed by atoms with Crippen molar-refractivity contribution < 1.29 is 17.9 Å². The van der Waals surface area contributed by atoms with Crippen molar-refractivity contribution in [1.82, 2.24) is 34.3 Å². The third-order valence-corrected chi connectivity index (χ3v) is 5.88. The van der Waals surface area contributed by atoms with Crippen LogP contribution in [0.5, 0.6) is 5.75 Å². The first-order valence-electron chi connectivity index (χ1n) is 10.7. The van der Waals surface area contributed by atoms with Crippen molar-refractivity contribution in [2.45, 2.75) is 25.6 Å². The summed E-state index contributed by atoms with van der Waals surface area (Å²) in [5.41, 5.74) is 2.66. The van der Waals surface area contributed by atoms with Crippen LogP contribution in [-0.2, 0) is 13.2 Å².